The molecule has 3 aliphatic rings. The maximum Gasteiger partial charge on any atom is 0.258 e. The minimum atomic E-state index is -0.204. The van der Waals surface area contributed by atoms with E-state index in [0.717, 1.165) is 67.7 Å². The first kappa shape index (κ1) is 25.1. The Morgan fingerprint density at radius 3 is 2.83 bits per heavy atom. The lowest BCUT2D eigenvalue weighted by Crippen LogP contribution is -2.49. The predicted molar refractivity (Wildman–Crippen MR) is 155 cm³/mol. The van der Waals surface area contributed by atoms with Crippen LogP contribution in [0.25, 0.3) is 22.3 Å². The maximum atomic E-state index is 13.7. The summed E-state index contributed by atoms with van der Waals surface area (Å²) in [5.41, 5.74) is 5.92. The first-order valence-corrected chi connectivity index (χ1v) is 14.3. The number of amides is 1. The SMILES string of the molecule is Cc1cc2cc(n1)-c1cnn(C)c1OC[C@H]1CC[C@H](C1)Cn1c(nc3ccc(N4CCN[C@@H](C)C4)cc31)NC2=O. The lowest BCUT2D eigenvalue weighted by atomic mass is 10.1. The third-order valence-corrected chi connectivity index (χ3v) is 8.61. The number of anilines is 2. The molecule has 2 fully saturated rings. The van der Waals surface area contributed by atoms with Crippen LogP contribution < -0.4 is 20.3 Å². The molecule has 1 aliphatic carbocycles. The molecular weight excluding hydrogens is 504 g/mol. The summed E-state index contributed by atoms with van der Waals surface area (Å²) in [6.07, 6.45) is 5.07. The Bertz CT molecular complexity index is 1590. The van der Waals surface area contributed by atoms with Crippen LogP contribution in [0.15, 0.2) is 36.5 Å². The normalized spacial score (nSPS) is 23.1. The Morgan fingerprint density at radius 2 is 1.95 bits per heavy atom. The highest BCUT2D eigenvalue weighted by molar-refractivity contribution is 6.05. The number of carbonyl (C=O) groups is 1. The van der Waals surface area contributed by atoms with Gasteiger partial charge in [-0.1, -0.05) is 0 Å². The highest BCUT2D eigenvalue weighted by Gasteiger charge is 2.29. The number of aryl methyl sites for hydroxylation is 2. The molecule has 4 aromatic rings. The van der Waals surface area contributed by atoms with Gasteiger partial charge in [-0.3, -0.25) is 15.1 Å². The van der Waals surface area contributed by atoms with E-state index in [-0.39, 0.29) is 5.91 Å². The topological polar surface area (TPSA) is 102 Å². The molecule has 1 aromatic carbocycles. The first-order chi connectivity index (χ1) is 19.4. The van der Waals surface area contributed by atoms with Crippen molar-refractivity contribution >= 4 is 28.6 Å². The number of aromatic nitrogens is 5. The zero-order chi connectivity index (χ0) is 27.4. The number of carbonyl (C=O) groups excluding carboxylic acids is 1. The molecule has 2 aliphatic heterocycles. The number of nitrogens with zero attached hydrogens (tertiary/aromatic N) is 6. The van der Waals surface area contributed by atoms with E-state index in [1.807, 2.05) is 26.1 Å². The Hall–Kier alpha value is -3.92. The molecule has 10 nitrogen and oxygen atoms in total. The van der Waals surface area contributed by atoms with Crippen molar-refractivity contribution in [3.05, 3.63) is 47.8 Å². The van der Waals surface area contributed by atoms with E-state index >= 15 is 0 Å². The summed E-state index contributed by atoms with van der Waals surface area (Å²) in [4.78, 5) is 25.8. The van der Waals surface area contributed by atoms with E-state index in [0.29, 0.717) is 47.6 Å². The summed E-state index contributed by atoms with van der Waals surface area (Å²) >= 11 is 0. The molecule has 1 amide bonds. The molecule has 2 N–H and O–H groups in total. The second-order valence-corrected chi connectivity index (χ2v) is 11.7. The largest absolute Gasteiger partial charge is 0.477 e. The highest BCUT2D eigenvalue weighted by Crippen LogP contribution is 2.37. The van der Waals surface area contributed by atoms with Gasteiger partial charge >= 0.3 is 0 Å². The summed E-state index contributed by atoms with van der Waals surface area (Å²) in [5, 5.41) is 11.1. The van der Waals surface area contributed by atoms with Crippen LogP contribution in [0.2, 0.25) is 0 Å². The Morgan fingerprint density at radius 1 is 1.07 bits per heavy atom. The van der Waals surface area contributed by atoms with Crippen LogP contribution in [0.5, 0.6) is 5.88 Å². The van der Waals surface area contributed by atoms with Crippen LogP contribution in [0.4, 0.5) is 11.6 Å². The lowest BCUT2D eigenvalue weighted by molar-refractivity contribution is 0.102. The standard InChI is InChI=1S/C30H36N8O2/c1-18-10-22-12-26(33-18)24-14-32-36(3)29(24)40-17-21-5-4-20(11-21)16-38-27-13-23(37-9-8-31-19(2)15-37)6-7-25(27)34-30(38)35-28(22)39/h6-7,10,12-14,19-21,31H,4-5,8-9,11,15-17H2,1-3H3,(H,34,35,39)/t19-,20+,21-/m0/s1. The van der Waals surface area contributed by atoms with Gasteiger partial charge in [-0.25, -0.2) is 9.67 Å². The molecule has 1 saturated heterocycles. The van der Waals surface area contributed by atoms with Gasteiger partial charge in [-0.2, -0.15) is 5.10 Å². The van der Waals surface area contributed by atoms with Crippen molar-refractivity contribution in [1.29, 1.82) is 0 Å². The molecule has 0 spiro atoms. The number of hydrogen-bond donors (Lipinski definition) is 2. The number of imidazole rings is 1. The molecule has 3 atom stereocenters. The molecule has 3 aromatic heterocycles. The average Bonchev–Trinajstić information content (AvgIpc) is 3.64. The van der Waals surface area contributed by atoms with Gasteiger partial charge < -0.3 is 19.5 Å². The quantitative estimate of drug-likeness (QED) is 0.376. The van der Waals surface area contributed by atoms with Crippen LogP contribution in [-0.4, -0.2) is 62.5 Å². The molecule has 4 bridgehead atoms. The number of piperazine rings is 1. The third-order valence-electron chi connectivity index (χ3n) is 8.61. The maximum absolute atomic E-state index is 13.7. The Balaban J connectivity index is 1.31. The fraction of sp³-hybridized carbons (Fsp3) is 0.467. The molecule has 0 radical (unpaired) electrons. The van der Waals surface area contributed by atoms with Crippen LogP contribution in [-0.2, 0) is 13.6 Å². The van der Waals surface area contributed by atoms with Gasteiger partial charge in [0.2, 0.25) is 11.8 Å². The van der Waals surface area contributed by atoms with E-state index in [4.69, 9.17) is 14.7 Å². The molecule has 10 heteroatoms. The second kappa shape index (κ2) is 9.92. The average molecular weight is 541 g/mol. The smallest absolute Gasteiger partial charge is 0.258 e. The van der Waals surface area contributed by atoms with Gasteiger partial charge in [0.1, 0.15) is 0 Å². The summed E-state index contributed by atoms with van der Waals surface area (Å²) in [7, 11) is 1.88. The Labute approximate surface area is 233 Å². The minimum absolute atomic E-state index is 0.204. The summed E-state index contributed by atoms with van der Waals surface area (Å²) in [5.74, 6) is 2.02. The van der Waals surface area contributed by atoms with E-state index < -0.39 is 0 Å². The van der Waals surface area contributed by atoms with Crippen molar-refractivity contribution in [2.24, 2.45) is 18.9 Å². The third kappa shape index (κ3) is 4.60. The van der Waals surface area contributed by atoms with Crippen molar-refractivity contribution in [3.8, 4) is 17.1 Å². The van der Waals surface area contributed by atoms with E-state index in [2.05, 4.69) is 50.3 Å². The fourth-order valence-electron chi connectivity index (χ4n) is 6.59. The van der Waals surface area contributed by atoms with Gasteiger partial charge in [0.15, 0.2) is 0 Å². The van der Waals surface area contributed by atoms with Crippen molar-refractivity contribution in [2.75, 3.05) is 36.5 Å². The zero-order valence-corrected chi connectivity index (χ0v) is 23.4. The number of hydrogen-bond acceptors (Lipinski definition) is 7. The molecule has 0 unspecified atom stereocenters. The van der Waals surface area contributed by atoms with Gasteiger partial charge in [-0.15, -0.1) is 0 Å². The van der Waals surface area contributed by atoms with Gasteiger partial charge in [-0.05, 0) is 75.3 Å². The van der Waals surface area contributed by atoms with Crippen LogP contribution >= 0.6 is 0 Å². The minimum Gasteiger partial charge on any atom is -0.477 e. The first-order valence-electron chi connectivity index (χ1n) is 14.3. The van der Waals surface area contributed by atoms with Gasteiger partial charge in [0.25, 0.3) is 5.91 Å². The number of nitrogens with one attached hydrogen (secondary N) is 2. The molecule has 5 heterocycles. The zero-order valence-electron chi connectivity index (χ0n) is 23.4. The van der Waals surface area contributed by atoms with Gasteiger partial charge in [0, 0.05) is 56.2 Å². The number of ether oxygens (including phenoxy) is 1. The van der Waals surface area contributed by atoms with Crippen molar-refractivity contribution in [2.45, 2.75) is 45.7 Å². The monoisotopic (exact) mass is 540 g/mol. The van der Waals surface area contributed by atoms with Gasteiger partial charge in [0.05, 0.1) is 35.1 Å². The predicted octanol–water partition coefficient (Wildman–Crippen LogP) is 4.00. The van der Waals surface area contributed by atoms with Crippen LogP contribution in [0, 0.1) is 18.8 Å². The van der Waals surface area contributed by atoms with E-state index in [1.54, 1.807) is 10.9 Å². The van der Waals surface area contributed by atoms with Crippen LogP contribution in [0.3, 0.4) is 0 Å². The van der Waals surface area contributed by atoms with Crippen molar-refractivity contribution in [1.82, 2.24) is 29.6 Å². The number of pyridine rings is 1. The van der Waals surface area contributed by atoms with Crippen molar-refractivity contribution in [3.63, 3.8) is 0 Å². The summed E-state index contributed by atoms with van der Waals surface area (Å²) < 4.78 is 10.4. The molecule has 1 saturated carbocycles. The highest BCUT2D eigenvalue weighted by atomic mass is 16.5. The lowest BCUT2D eigenvalue weighted by Gasteiger charge is -2.33. The number of fused-ring (bicyclic) bond motifs is 9. The molecular formula is C30H36N8O2. The van der Waals surface area contributed by atoms with E-state index in [9.17, 15) is 4.79 Å². The number of rotatable bonds is 1. The van der Waals surface area contributed by atoms with E-state index in [1.165, 1.54) is 5.69 Å². The number of benzene rings is 1. The summed E-state index contributed by atoms with van der Waals surface area (Å²) in [6, 6.07) is 10.6. The van der Waals surface area contributed by atoms with Crippen molar-refractivity contribution < 1.29 is 9.53 Å². The fourth-order valence-corrected chi connectivity index (χ4v) is 6.59. The van der Waals surface area contributed by atoms with Crippen LogP contribution in [0.1, 0.15) is 42.2 Å². The second-order valence-electron chi connectivity index (χ2n) is 11.7. The molecule has 208 valence electrons. The summed E-state index contributed by atoms with van der Waals surface area (Å²) in [6.45, 7) is 8.48. The molecule has 7 rings (SSSR count). The molecule has 40 heavy (non-hydrogen) atoms. The Kier molecular flexibility index (Phi) is 6.22.